The van der Waals surface area contributed by atoms with Gasteiger partial charge >= 0.3 is 0 Å². The summed E-state index contributed by atoms with van der Waals surface area (Å²) in [4.78, 5) is 28.4. The molecular weight excluding hydrogens is 478 g/mol. The molecule has 194 valence electrons. The Balaban J connectivity index is 1.58. The van der Waals surface area contributed by atoms with Crippen LogP contribution in [-0.4, -0.2) is 34.3 Å². The van der Waals surface area contributed by atoms with Gasteiger partial charge in [-0.2, -0.15) is 5.10 Å². The van der Waals surface area contributed by atoms with Gasteiger partial charge in [-0.3, -0.25) is 9.59 Å². The number of rotatable bonds is 8. The van der Waals surface area contributed by atoms with E-state index in [0.29, 0.717) is 42.7 Å². The maximum Gasteiger partial charge on any atom is 0.264 e. The molecule has 0 unspecified atom stereocenters. The fourth-order valence-corrected chi connectivity index (χ4v) is 5.10. The van der Waals surface area contributed by atoms with Gasteiger partial charge in [0.2, 0.25) is 5.91 Å². The normalized spacial score (nSPS) is 20.1. The molecular formula is C31H31N3O4. The van der Waals surface area contributed by atoms with Gasteiger partial charge in [0, 0.05) is 30.9 Å². The van der Waals surface area contributed by atoms with Gasteiger partial charge in [0.25, 0.3) is 5.91 Å². The Bertz CT molecular complexity index is 1390. The van der Waals surface area contributed by atoms with E-state index in [2.05, 4.69) is 5.10 Å². The average molecular weight is 510 g/mol. The SMILES string of the molecule is C[C@@H](/C=C/CCO)[C@]1(O)C(=O)N(Cc2ccccc2)c2ccc(N3N=C(c4ccccc4)CCC3=O)cc21. The average Bonchev–Trinajstić information content (AvgIpc) is 3.16. The largest absolute Gasteiger partial charge is 0.396 e. The Kier molecular flexibility index (Phi) is 7.22. The molecule has 0 aromatic heterocycles. The minimum absolute atomic E-state index is 0.0186. The van der Waals surface area contributed by atoms with Crippen molar-refractivity contribution in [2.75, 3.05) is 16.5 Å². The number of anilines is 2. The van der Waals surface area contributed by atoms with Crippen LogP contribution in [0.2, 0.25) is 0 Å². The summed E-state index contributed by atoms with van der Waals surface area (Å²) < 4.78 is 0. The highest BCUT2D eigenvalue weighted by molar-refractivity contribution is 6.10. The number of amides is 2. The number of hydrazone groups is 1. The van der Waals surface area contributed by atoms with Crippen molar-refractivity contribution in [3.8, 4) is 0 Å². The highest BCUT2D eigenvalue weighted by Crippen LogP contribution is 2.47. The number of aliphatic hydroxyl groups is 2. The second-order valence-corrected chi connectivity index (χ2v) is 9.69. The highest BCUT2D eigenvalue weighted by atomic mass is 16.3. The Hall–Kier alpha value is -4.07. The summed E-state index contributed by atoms with van der Waals surface area (Å²) in [6.07, 6.45) is 4.81. The summed E-state index contributed by atoms with van der Waals surface area (Å²) in [7, 11) is 0. The van der Waals surface area contributed by atoms with Crippen molar-refractivity contribution in [1.82, 2.24) is 0 Å². The standard InChI is InChI=1S/C31H31N3O4/c1-22(10-8-9-19-35)31(38)26-20-25(34-29(36)18-16-27(32-34)24-13-6-3-7-14-24)15-17-28(26)33(30(31)37)21-23-11-4-2-5-12-23/h2-8,10-15,17,20,22,35,38H,9,16,18-19,21H2,1H3/b10-8+/t22-,31+/m0/s1. The van der Waals surface area contributed by atoms with E-state index in [0.717, 1.165) is 16.8 Å². The van der Waals surface area contributed by atoms with Gasteiger partial charge in [-0.05, 0) is 35.7 Å². The Morgan fingerprint density at radius 1 is 1.00 bits per heavy atom. The summed E-state index contributed by atoms with van der Waals surface area (Å²) >= 11 is 0. The zero-order valence-electron chi connectivity index (χ0n) is 21.3. The predicted molar refractivity (Wildman–Crippen MR) is 148 cm³/mol. The van der Waals surface area contributed by atoms with Crippen LogP contribution in [0, 0.1) is 5.92 Å². The van der Waals surface area contributed by atoms with Crippen molar-refractivity contribution in [2.45, 2.75) is 38.3 Å². The monoisotopic (exact) mass is 509 g/mol. The van der Waals surface area contributed by atoms with Crippen molar-refractivity contribution < 1.29 is 19.8 Å². The fraction of sp³-hybridized carbons (Fsp3) is 0.258. The molecule has 3 aromatic carbocycles. The van der Waals surface area contributed by atoms with Gasteiger partial charge in [-0.1, -0.05) is 79.7 Å². The zero-order chi connectivity index (χ0) is 26.7. The topological polar surface area (TPSA) is 93.4 Å². The number of hydrogen-bond donors (Lipinski definition) is 2. The molecule has 2 N–H and O–H groups in total. The van der Waals surface area contributed by atoms with Crippen molar-refractivity contribution in [3.63, 3.8) is 0 Å². The number of carbonyl (C=O) groups is 2. The van der Waals surface area contributed by atoms with Gasteiger partial charge in [-0.15, -0.1) is 0 Å². The molecule has 2 atom stereocenters. The van der Waals surface area contributed by atoms with E-state index in [1.54, 1.807) is 42.2 Å². The minimum atomic E-state index is -1.84. The first-order chi connectivity index (χ1) is 18.4. The molecule has 7 nitrogen and oxygen atoms in total. The van der Waals surface area contributed by atoms with Crippen LogP contribution < -0.4 is 9.91 Å². The third kappa shape index (κ3) is 4.66. The van der Waals surface area contributed by atoms with Crippen molar-refractivity contribution in [2.24, 2.45) is 11.0 Å². The first-order valence-electron chi connectivity index (χ1n) is 12.9. The van der Waals surface area contributed by atoms with Crippen molar-refractivity contribution >= 4 is 28.9 Å². The van der Waals surface area contributed by atoms with Crippen molar-refractivity contribution in [1.29, 1.82) is 0 Å². The summed E-state index contributed by atoms with van der Waals surface area (Å²) in [5, 5.41) is 27.2. The predicted octanol–water partition coefficient (Wildman–Crippen LogP) is 4.53. The van der Waals surface area contributed by atoms with Gasteiger partial charge in [0.1, 0.15) is 0 Å². The van der Waals surface area contributed by atoms with E-state index in [9.17, 15) is 19.8 Å². The number of nitrogens with zero attached hydrogens (tertiary/aromatic N) is 3. The molecule has 0 bridgehead atoms. The molecule has 7 heteroatoms. The van der Waals surface area contributed by atoms with Crippen LogP contribution in [0.3, 0.4) is 0 Å². The minimum Gasteiger partial charge on any atom is -0.396 e. The second kappa shape index (κ2) is 10.7. The first-order valence-corrected chi connectivity index (χ1v) is 12.9. The maximum absolute atomic E-state index is 13.8. The fourth-order valence-electron chi connectivity index (χ4n) is 5.10. The molecule has 3 aromatic rings. The summed E-state index contributed by atoms with van der Waals surface area (Å²) in [6.45, 7) is 2.07. The molecule has 5 rings (SSSR count). The quantitative estimate of drug-likeness (QED) is 0.437. The lowest BCUT2D eigenvalue weighted by Gasteiger charge is -2.28. The van der Waals surface area contributed by atoms with E-state index in [1.807, 2.05) is 60.7 Å². The van der Waals surface area contributed by atoms with E-state index in [4.69, 9.17) is 0 Å². The van der Waals surface area contributed by atoms with Crippen LogP contribution >= 0.6 is 0 Å². The number of hydrogen-bond acceptors (Lipinski definition) is 5. The molecule has 38 heavy (non-hydrogen) atoms. The number of aliphatic hydroxyl groups excluding tert-OH is 1. The van der Waals surface area contributed by atoms with E-state index < -0.39 is 17.4 Å². The molecule has 2 amide bonds. The number of benzene rings is 3. The third-order valence-corrected chi connectivity index (χ3v) is 7.20. The van der Waals surface area contributed by atoms with Crippen LogP contribution in [0.1, 0.15) is 42.9 Å². The molecule has 0 aliphatic carbocycles. The van der Waals surface area contributed by atoms with Crippen LogP contribution in [0.4, 0.5) is 11.4 Å². The van der Waals surface area contributed by atoms with Gasteiger partial charge < -0.3 is 15.1 Å². The van der Waals surface area contributed by atoms with Crippen molar-refractivity contribution in [3.05, 3.63) is 108 Å². The molecule has 2 heterocycles. The maximum atomic E-state index is 13.8. The van der Waals surface area contributed by atoms with Crippen LogP contribution in [0.5, 0.6) is 0 Å². The summed E-state index contributed by atoms with van der Waals surface area (Å²) in [6, 6.07) is 24.6. The molecule has 0 fully saturated rings. The Morgan fingerprint density at radius 2 is 1.71 bits per heavy atom. The molecule has 2 aliphatic rings. The molecule has 0 saturated carbocycles. The molecule has 2 aliphatic heterocycles. The molecule has 0 spiro atoms. The molecule has 0 saturated heterocycles. The van der Waals surface area contributed by atoms with Gasteiger partial charge in [0.05, 0.1) is 23.6 Å². The highest BCUT2D eigenvalue weighted by Gasteiger charge is 2.52. The van der Waals surface area contributed by atoms with E-state index in [1.165, 1.54) is 5.01 Å². The third-order valence-electron chi connectivity index (χ3n) is 7.20. The first kappa shape index (κ1) is 25.6. The van der Waals surface area contributed by atoms with Gasteiger partial charge in [-0.25, -0.2) is 5.01 Å². The lowest BCUT2D eigenvalue weighted by molar-refractivity contribution is -0.139. The zero-order valence-corrected chi connectivity index (χ0v) is 21.3. The smallest absolute Gasteiger partial charge is 0.264 e. The van der Waals surface area contributed by atoms with Crippen LogP contribution in [-0.2, 0) is 21.7 Å². The van der Waals surface area contributed by atoms with Gasteiger partial charge in [0.15, 0.2) is 5.60 Å². The Labute approximate surface area is 222 Å². The summed E-state index contributed by atoms with van der Waals surface area (Å²) in [5.74, 6) is -1.14. The van der Waals surface area contributed by atoms with E-state index >= 15 is 0 Å². The number of carbonyl (C=O) groups excluding carboxylic acids is 2. The Morgan fingerprint density at radius 3 is 2.42 bits per heavy atom. The number of fused-ring (bicyclic) bond motifs is 1. The van der Waals surface area contributed by atoms with Crippen LogP contribution in [0.25, 0.3) is 0 Å². The van der Waals surface area contributed by atoms with Crippen LogP contribution in [0.15, 0.2) is 96.1 Å². The lowest BCUT2D eigenvalue weighted by atomic mass is 9.82. The summed E-state index contributed by atoms with van der Waals surface area (Å²) in [5.41, 5.74) is 2.40. The van der Waals surface area contributed by atoms with E-state index in [-0.39, 0.29) is 12.5 Å². The molecule has 0 radical (unpaired) electrons. The second-order valence-electron chi connectivity index (χ2n) is 9.69. The lowest BCUT2D eigenvalue weighted by Crippen LogP contribution is -2.44.